The van der Waals surface area contributed by atoms with Gasteiger partial charge in [-0.15, -0.1) is 0 Å². The van der Waals surface area contributed by atoms with Crippen LogP contribution in [0, 0.1) is 13.8 Å². The molecule has 2 aromatic heterocycles. The summed E-state index contributed by atoms with van der Waals surface area (Å²) in [5.41, 5.74) is 2.47. The standard InChI is InChI=1S/C9H9N3O2/c1-5-4-10-8-3-7(9(13)14)11-12(8)6(5)2/h3-4H,1-2H3,(H,13,14). The summed E-state index contributed by atoms with van der Waals surface area (Å²) < 4.78 is 1.54. The molecule has 2 heterocycles. The zero-order valence-electron chi connectivity index (χ0n) is 7.85. The van der Waals surface area contributed by atoms with Gasteiger partial charge in [-0.3, -0.25) is 0 Å². The van der Waals surface area contributed by atoms with Crippen molar-refractivity contribution in [2.45, 2.75) is 13.8 Å². The van der Waals surface area contributed by atoms with Crippen LogP contribution in [0.15, 0.2) is 12.3 Å². The minimum Gasteiger partial charge on any atom is -0.476 e. The predicted octanol–water partition coefficient (Wildman–Crippen LogP) is 1.04. The first-order valence-electron chi connectivity index (χ1n) is 4.15. The Hall–Kier alpha value is -1.91. The molecule has 0 aliphatic carbocycles. The van der Waals surface area contributed by atoms with Gasteiger partial charge in [0.25, 0.3) is 0 Å². The van der Waals surface area contributed by atoms with E-state index in [0.29, 0.717) is 5.65 Å². The Morgan fingerprint density at radius 1 is 1.50 bits per heavy atom. The Balaban J connectivity index is 2.77. The Morgan fingerprint density at radius 2 is 2.21 bits per heavy atom. The van der Waals surface area contributed by atoms with Crippen molar-refractivity contribution in [2.24, 2.45) is 0 Å². The third-order valence-electron chi connectivity index (χ3n) is 2.19. The van der Waals surface area contributed by atoms with Crippen LogP contribution in [0.1, 0.15) is 21.7 Å². The molecule has 5 heteroatoms. The summed E-state index contributed by atoms with van der Waals surface area (Å²) in [6.45, 7) is 3.78. The molecule has 0 radical (unpaired) electrons. The van der Waals surface area contributed by atoms with Gasteiger partial charge in [0.15, 0.2) is 11.3 Å². The van der Waals surface area contributed by atoms with Crippen LogP contribution in [-0.2, 0) is 0 Å². The first-order valence-corrected chi connectivity index (χ1v) is 4.15. The van der Waals surface area contributed by atoms with E-state index in [0.717, 1.165) is 11.3 Å². The Kier molecular flexibility index (Phi) is 1.73. The molecule has 0 bridgehead atoms. The maximum Gasteiger partial charge on any atom is 0.356 e. The van der Waals surface area contributed by atoms with Gasteiger partial charge in [0.1, 0.15) is 0 Å². The topological polar surface area (TPSA) is 67.5 Å². The summed E-state index contributed by atoms with van der Waals surface area (Å²) in [4.78, 5) is 14.7. The maximum atomic E-state index is 10.7. The summed E-state index contributed by atoms with van der Waals surface area (Å²) in [6.07, 6.45) is 1.71. The van der Waals surface area contributed by atoms with Crippen LogP contribution in [-0.4, -0.2) is 25.7 Å². The van der Waals surface area contributed by atoms with Crippen molar-refractivity contribution in [2.75, 3.05) is 0 Å². The molecule has 0 aliphatic heterocycles. The number of nitrogens with zero attached hydrogens (tertiary/aromatic N) is 3. The van der Waals surface area contributed by atoms with Crippen molar-refractivity contribution in [1.82, 2.24) is 14.6 Å². The molecule has 1 N–H and O–H groups in total. The Bertz CT molecular complexity index is 516. The lowest BCUT2D eigenvalue weighted by Crippen LogP contribution is -2.01. The Labute approximate surface area is 80.0 Å². The minimum atomic E-state index is -1.03. The highest BCUT2D eigenvalue weighted by molar-refractivity contribution is 5.86. The van der Waals surface area contributed by atoms with Crippen molar-refractivity contribution < 1.29 is 9.90 Å². The number of fused-ring (bicyclic) bond motifs is 1. The first-order chi connectivity index (χ1) is 6.59. The number of carbonyl (C=O) groups is 1. The highest BCUT2D eigenvalue weighted by atomic mass is 16.4. The van der Waals surface area contributed by atoms with Crippen LogP contribution in [0.3, 0.4) is 0 Å². The molecule has 14 heavy (non-hydrogen) atoms. The average Bonchev–Trinajstić information content (AvgIpc) is 2.56. The van der Waals surface area contributed by atoms with Crippen LogP contribution in [0.4, 0.5) is 0 Å². The third-order valence-corrected chi connectivity index (χ3v) is 2.19. The smallest absolute Gasteiger partial charge is 0.356 e. The van der Waals surface area contributed by atoms with Crippen molar-refractivity contribution in [1.29, 1.82) is 0 Å². The largest absolute Gasteiger partial charge is 0.476 e. The molecule has 0 aliphatic rings. The highest BCUT2D eigenvalue weighted by Gasteiger charge is 2.10. The van der Waals surface area contributed by atoms with E-state index >= 15 is 0 Å². The molecule has 0 unspecified atom stereocenters. The molecular weight excluding hydrogens is 182 g/mol. The SMILES string of the molecule is Cc1cnc2cc(C(=O)O)nn2c1C. The van der Waals surface area contributed by atoms with Gasteiger partial charge in [0, 0.05) is 18.0 Å². The zero-order valence-corrected chi connectivity index (χ0v) is 7.85. The van der Waals surface area contributed by atoms with E-state index in [1.54, 1.807) is 10.7 Å². The summed E-state index contributed by atoms with van der Waals surface area (Å²) in [6, 6.07) is 1.45. The van der Waals surface area contributed by atoms with E-state index in [1.165, 1.54) is 6.07 Å². The molecular formula is C9H9N3O2. The van der Waals surface area contributed by atoms with E-state index in [9.17, 15) is 4.79 Å². The van der Waals surface area contributed by atoms with Crippen LogP contribution < -0.4 is 0 Å². The lowest BCUT2D eigenvalue weighted by atomic mass is 10.3. The number of hydrogen-bond donors (Lipinski definition) is 1. The van der Waals surface area contributed by atoms with Gasteiger partial charge in [0.05, 0.1) is 0 Å². The molecule has 0 spiro atoms. The van der Waals surface area contributed by atoms with Crippen molar-refractivity contribution in [3.8, 4) is 0 Å². The highest BCUT2D eigenvalue weighted by Crippen LogP contribution is 2.09. The monoisotopic (exact) mass is 191 g/mol. The van der Waals surface area contributed by atoms with Crippen LogP contribution >= 0.6 is 0 Å². The number of rotatable bonds is 1. The summed E-state index contributed by atoms with van der Waals surface area (Å²) in [7, 11) is 0. The second-order valence-electron chi connectivity index (χ2n) is 3.13. The molecule has 0 amide bonds. The van der Waals surface area contributed by atoms with E-state index < -0.39 is 5.97 Å². The molecule has 5 nitrogen and oxygen atoms in total. The first kappa shape index (κ1) is 8.68. The number of aryl methyl sites for hydroxylation is 2. The second-order valence-corrected chi connectivity index (χ2v) is 3.13. The van der Waals surface area contributed by atoms with Gasteiger partial charge >= 0.3 is 5.97 Å². The van der Waals surface area contributed by atoms with Gasteiger partial charge in [-0.1, -0.05) is 0 Å². The quantitative estimate of drug-likeness (QED) is 0.731. The average molecular weight is 191 g/mol. The van der Waals surface area contributed by atoms with Crippen molar-refractivity contribution in [3.63, 3.8) is 0 Å². The lowest BCUT2D eigenvalue weighted by Gasteiger charge is -2.00. The number of aromatic nitrogens is 3. The minimum absolute atomic E-state index is 0.0196. The zero-order chi connectivity index (χ0) is 10.3. The normalized spacial score (nSPS) is 10.7. The molecule has 0 saturated heterocycles. The Morgan fingerprint density at radius 3 is 2.86 bits per heavy atom. The molecule has 0 atom stereocenters. The fourth-order valence-corrected chi connectivity index (χ4v) is 1.24. The number of hydrogen-bond acceptors (Lipinski definition) is 3. The van der Waals surface area contributed by atoms with Crippen LogP contribution in [0.25, 0.3) is 5.65 Å². The van der Waals surface area contributed by atoms with E-state index in [4.69, 9.17) is 5.11 Å². The third kappa shape index (κ3) is 1.14. The molecule has 0 aromatic carbocycles. The summed E-state index contributed by atoms with van der Waals surface area (Å²) >= 11 is 0. The fraction of sp³-hybridized carbons (Fsp3) is 0.222. The van der Waals surface area contributed by atoms with Crippen molar-refractivity contribution >= 4 is 11.6 Å². The predicted molar refractivity (Wildman–Crippen MR) is 49.4 cm³/mol. The fourth-order valence-electron chi connectivity index (χ4n) is 1.24. The molecule has 72 valence electrons. The van der Waals surface area contributed by atoms with Crippen molar-refractivity contribution in [3.05, 3.63) is 29.2 Å². The van der Waals surface area contributed by atoms with Gasteiger partial charge < -0.3 is 5.11 Å². The van der Waals surface area contributed by atoms with Gasteiger partial charge in [-0.2, -0.15) is 5.10 Å². The van der Waals surface area contributed by atoms with Gasteiger partial charge in [-0.25, -0.2) is 14.3 Å². The maximum absolute atomic E-state index is 10.7. The van der Waals surface area contributed by atoms with E-state index in [2.05, 4.69) is 10.1 Å². The molecule has 0 saturated carbocycles. The molecule has 2 rings (SSSR count). The van der Waals surface area contributed by atoms with Crippen LogP contribution in [0.2, 0.25) is 0 Å². The second kappa shape index (κ2) is 2.80. The van der Waals surface area contributed by atoms with Gasteiger partial charge in [-0.05, 0) is 19.4 Å². The number of carboxylic acid groups (broad SMARTS) is 1. The molecule has 2 aromatic rings. The number of carboxylic acids is 1. The van der Waals surface area contributed by atoms with Gasteiger partial charge in [0.2, 0.25) is 0 Å². The summed E-state index contributed by atoms with van der Waals surface area (Å²) in [5, 5.41) is 12.7. The van der Waals surface area contributed by atoms with Crippen LogP contribution in [0.5, 0.6) is 0 Å². The van der Waals surface area contributed by atoms with E-state index in [-0.39, 0.29) is 5.69 Å². The summed E-state index contributed by atoms with van der Waals surface area (Å²) in [5.74, 6) is -1.03. The number of aromatic carboxylic acids is 1. The lowest BCUT2D eigenvalue weighted by molar-refractivity contribution is 0.0690. The van der Waals surface area contributed by atoms with E-state index in [1.807, 2.05) is 13.8 Å². The molecule has 0 fully saturated rings.